The van der Waals surface area contributed by atoms with Gasteiger partial charge < -0.3 is 5.11 Å². The van der Waals surface area contributed by atoms with Crippen molar-refractivity contribution in [2.24, 2.45) is 5.41 Å². The molecule has 0 aliphatic heterocycles. The number of aliphatic hydroxyl groups excluding tert-OH is 1. The summed E-state index contributed by atoms with van der Waals surface area (Å²) in [5.41, 5.74) is -0.0122. The van der Waals surface area contributed by atoms with Crippen molar-refractivity contribution in [3.8, 4) is 0 Å². The summed E-state index contributed by atoms with van der Waals surface area (Å²) in [7, 11) is 0. The zero-order valence-corrected chi connectivity index (χ0v) is 8.52. The summed E-state index contributed by atoms with van der Waals surface area (Å²) in [6.07, 6.45) is 2.45. The Kier molecular flexibility index (Phi) is 7.75. The Morgan fingerprint density at radius 1 is 1.45 bits per heavy atom. The Labute approximate surface area is 71.1 Å². The lowest BCUT2D eigenvalue weighted by Gasteiger charge is -2.25. The zero-order valence-electron chi connectivity index (χ0n) is 8.52. The van der Waals surface area contributed by atoms with E-state index in [1.165, 1.54) is 0 Å². The Balaban J connectivity index is 0. The van der Waals surface area contributed by atoms with Gasteiger partial charge in [0.2, 0.25) is 0 Å². The van der Waals surface area contributed by atoms with E-state index in [9.17, 15) is 0 Å². The molecule has 0 spiro atoms. The molecule has 0 aromatic carbocycles. The van der Waals surface area contributed by atoms with Gasteiger partial charge in [-0.2, -0.15) is 0 Å². The smallest absolute Gasteiger partial charge is 0.0565 e. The molecule has 0 heterocycles. The molecule has 0 amide bonds. The Hall–Kier alpha value is -0.300. The first-order chi connectivity index (χ1) is 5.00. The van der Waals surface area contributed by atoms with Crippen molar-refractivity contribution in [1.82, 2.24) is 0 Å². The van der Waals surface area contributed by atoms with Gasteiger partial charge in [-0.05, 0) is 18.8 Å². The number of hydrogen-bond donors (Lipinski definition) is 1. The van der Waals surface area contributed by atoms with Gasteiger partial charge in [0.1, 0.15) is 0 Å². The highest BCUT2D eigenvalue weighted by Crippen LogP contribution is 2.24. The summed E-state index contributed by atoms with van der Waals surface area (Å²) < 4.78 is 0. The molecule has 1 N–H and O–H groups in total. The average Bonchev–Trinajstić information content (AvgIpc) is 1.92. The van der Waals surface area contributed by atoms with E-state index in [0.717, 1.165) is 6.42 Å². The standard InChI is InChI=1S/C8H16O.C2H6/c1-5-6-8(3,4)7(2)9;1-2/h5,7,9H,1,6H2,2-4H3;1-2H3. The second kappa shape index (κ2) is 6.41. The van der Waals surface area contributed by atoms with E-state index in [1.807, 2.05) is 40.7 Å². The fraction of sp³-hybridized carbons (Fsp3) is 0.800. The maximum atomic E-state index is 9.16. The Morgan fingerprint density at radius 2 is 1.82 bits per heavy atom. The molecule has 0 aromatic rings. The van der Waals surface area contributed by atoms with Crippen LogP contribution in [0.3, 0.4) is 0 Å². The fourth-order valence-corrected chi connectivity index (χ4v) is 0.543. The summed E-state index contributed by atoms with van der Waals surface area (Å²) in [4.78, 5) is 0. The van der Waals surface area contributed by atoms with Crippen LogP contribution in [0, 0.1) is 5.41 Å². The summed E-state index contributed by atoms with van der Waals surface area (Å²) in [6.45, 7) is 13.5. The van der Waals surface area contributed by atoms with E-state index in [0.29, 0.717) is 0 Å². The second-order valence-corrected chi connectivity index (χ2v) is 3.16. The van der Waals surface area contributed by atoms with E-state index in [-0.39, 0.29) is 11.5 Å². The van der Waals surface area contributed by atoms with Crippen LogP contribution in [0.15, 0.2) is 12.7 Å². The summed E-state index contributed by atoms with van der Waals surface area (Å²) >= 11 is 0. The summed E-state index contributed by atoms with van der Waals surface area (Å²) in [5, 5.41) is 9.16. The molecule has 0 aliphatic carbocycles. The molecular weight excluding hydrogens is 136 g/mol. The highest BCUT2D eigenvalue weighted by Gasteiger charge is 2.21. The van der Waals surface area contributed by atoms with Crippen molar-refractivity contribution in [3.05, 3.63) is 12.7 Å². The van der Waals surface area contributed by atoms with E-state index >= 15 is 0 Å². The summed E-state index contributed by atoms with van der Waals surface area (Å²) in [6, 6.07) is 0. The average molecular weight is 158 g/mol. The first kappa shape index (κ1) is 13.3. The van der Waals surface area contributed by atoms with Gasteiger partial charge in [-0.25, -0.2) is 0 Å². The van der Waals surface area contributed by atoms with Crippen molar-refractivity contribution in [2.75, 3.05) is 0 Å². The lowest BCUT2D eigenvalue weighted by Crippen LogP contribution is -2.25. The number of aliphatic hydroxyl groups is 1. The molecule has 1 heteroatoms. The van der Waals surface area contributed by atoms with Gasteiger partial charge in [0.05, 0.1) is 6.10 Å². The van der Waals surface area contributed by atoms with Crippen LogP contribution < -0.4 is 0 Å². The first-order valence-corrected chi connectivity index (χ1v) is 4.29. The minimum Gasteiger partial charge on any atom is -0.393 e. The third-order valence-electron chi connectivity index (χ3n) is 1.80. The molecule has 0 rings (SSSR count). The molecule has 0 aliphatic rings. The maximum absolute atomic E-state index is 9.16. The Morgan fingerprint density at radius 3 is 1.91 bits per heavy atom. The molecule has 0 radical (unpaired) electrons. The van der Waals surface area contributed by atoms with Gasteiger partial charge >= 0.3 is 0 Å². The van der Waals surface area contributed by atoms with Crippen LogP contribution in [0.25, 0.3) is 0 Å². The third kappa shape index (κ3) is 6.11. The lowest BCUT2D eigenvalue weighted by molar-refractivity contribution is 0.0685. The van der Waals surface area contributed by atoms with Crippen molar-refractivity contribution in [3.63, 3.8) is 0 Å². The number of allylic oxidation sites excluding steroid dienone is 1. The second-order valence-electron chi connectivity index (χ2n) is 3.16. The van der Waals surface area contributed by atoms with E-state index in [1.54, 1.807) is 0 Å². The van der Waals surface area contributed by atoms with Crippen LogP contribution in [0.2, 0.25) is 0 Å². The van der Waals surface area contributed by atoms with Crippen LogP contribution in [-0.2, 0) is 0 Å². The quantitative estimate of drug-likeness (QED) is 0.626. The molecular formula is C10H22O. The van der Waals surface area contributed by atoms with Crippen molar-refractivity contribution >= 4 is 0 Å². The minimum atomic E-state index is -0.254. The highest BCUT2D eigenvalue weighted by atomic mass is 16.3. The highest BCUT2D eigenvalue weighted by molar-refractivity contribution is 4.82. The van der Waals surface area contributed by atoms with E-state index < -0.39 is 0 Å². The first-order valence-electron chi connectivity index (χ1n) is 4.29. The topological polar surface area (TPSA) is 20.2 Å². The van der Waals surface area contributed by atoms with Gasteiger partial charge in [0.25, 0.3) is 0 Å². The zero-order chi connectivity index (χ0) is 9.49. The minimum absolute atomic E-state index is 0.0122. The largest absolute Gasteiger partial charge is 0.393 e. The van der Waals surface area contributed by atoms with Crippen LogP contribution in [0.4, 0.5) is 0 Å². The summed E-state index contributed by atoms with van der Waals surface area (Å²) in [5.74, 6) is 0. The SMILES string of the molecule is C=CCC(C)(C)C(C)O.CC. The van der Waals surface area contributed by atoms with Crippen LogP contribution in [0.5, 0.6) is 0 Å². The fourth-order valence-electron chi connectivity index (χ4n) is 0.543. The predicted molar refractivity (Wildman–Crippen MR) is 51.6 cm³/mol. The van der Waals surface area contributed by atoms with Crippen LogP contribution >= 0.6 is 0 Å². The van der Waals surface area contributed by atoms with Crippen molar-refractivity contribution < 1.29 is 5.11 Å². The van der Waals surface area contributed by atoms with Crippen LogP contribution in [-0.4, -0.2) is 11.2 Å². The molecule has 0 aromatic heterocycles. The predicted octanol–water partition coefficient (Wildman–Crippen LogP) is 3.00. The molecule has 0 saturated heterocycles. The van der Waals surface area contributed by atoms with Gasteiger partial charge in [0.15, 0.2) is 0 Å². The molecule has 68 valence electrons. The van der Waals surface area contributed by atoms with E-state index in [4.69, 9.17) is 5.11 Å². The number of hydrogen-bond acceptors (Lipinski definition) is 1. The van der Waals surface area contributed by atoms with Crippen molar-refractivity contribution in [1.29, 1.82) is 0 Å². The van der Waals surface area contributed by atoms with Gasteiger partial charge in [-0.15, -0.1) is 6.58 Å². The normalized spacial score (nSPS) is 12.9. The van der Waals surface area contributed by atoms with Crippen LogP contribution in [0.1, 0.15) is 41.0 Å². The van der Waals surface area contributed by atoms with Gasteiger partial charge in [-0.1, -0.05) is 33.8 Å². The lowest BCUT2D eigenvalue weighted by atomic mass is 9.84. The molecule has 1 atom stereocenters. The molecule has 1 unspecified atom stereocenters. The number of rotatable bonds is 3. The Bertz CT molecular complexity index is 93.0. The van der Waals surface area contributed by atoms with Crippen molar-refractivity contribution in [2.45, 2.75) is 47.1 Å². The monoisotopic (exact) mass is 158 g/mol. The maximum Gasteiger partial charge on any atom is 0.0565 e. The molecule has 0 fully saturated rings. The van der Waals surface area contributed by atoms with Gasteiger partial charge in [0, 0.05) is 0 Å². The van der Waals surface area contributed by atoms with Gasteiger partial charge in [-0.3, -0.25) is 0 Å². The third-order valence-corrected chi connectivity index (χ3v) is 1.80. The van der Waals surface area contributed by atoms with E-state index in [2.05, 4.69) is 6.58 Å². The molecule has 0 saturated carbocycles. The molecule has 0 bridgehead atoms. The molecule has 1 nitrogen and oxygen atoms in total. The molecule has 11 heavy (non-hydrogen) atoms.